The highest BCUT2D eigenvalue weighted by Crippen LogP contribution is 2.33. The Morgan fingerprint density at radius 3 is 2.59 bits per heavy atom. The first-order valence-electron chi connectivity index (χ1n) is 7.98. The summed E-state index contributed by atoms with van der Waals surface area (Å²) < 4.78 is 39.5. The number of nitrogens with one attached hydrogen (secondary N) is 1. The van der Waals surface area contributed by atoms with Crippen molar-refractivity contribution >= 4 is 0 Å². The van der Waals surface area contributed by atoms with Crippen molar-refractivity contribution in [2.45, 2.75) is 45.5 Å². The summed E-state index contributed by atoms with van der Waals surface area (Å²) in [6, 6.07) is 6.25. The van der Waals surface area contributed by atoms with E-state index in [-0.39, 0.29) is 0 Å². The maximum Gasteiger partial charge on any atom is 0.416 e. The van der Waals surface area contributed by atoms with Crippen LogP contribution in [0.3, 0.4) is 0 Å². The van der Waals surface area contributed by atoms with Crippen molar-refractivity contribution in [1.29, 1.82) is 0 Å². The second kappa shape index (κ2) is 7.47. The van der Waals surface area contributed by atoms with E-state index in [2.05, 4.69) is 24.1 Å². The van der Waals surface area contributed by atoms with E-state index < -0.39 is 11.7 Å². The van der Waals surface area contributed by atoms with Crippen molar-refractivity contribution in [2.24, 2.45) is 5.92 Å². The lowest BCUT2D eigenvalue weighted by Gasteiger charge is -2.36. The van der Waals surface area contributed by atoms with E-state index in [1.54, 1.807) is 12.1 Å². The summed E-state index contributed by atoms with van der Waals surface area (Å²) in [5.41, 5.74) is -0.131. The van der Waals surface area contributed by atoms with Gasteiger partial charge in [-0.3, -0.25) is 4.90 Å². The number of halogens is 3. The van der Waals surface area contributed by atoms with Crippen LogP contribution in [-0.4, -0.2) is 30.6 Å². The van der Waals surface area contributed by atoms with E-state index >= 15 is 0 Å². The van der Waals surface area contributed by atoms with E-state index in [1.807, 2.05) is 0 Å². The molecule has 0 aliphatic carbocycles. The molecule has 0 unspecified atom stereocenters. The van der Waals surface area contributed by atoms with Crippen molar-refractivity contribution in [1.82, 2.24) is 10.2 Å². The summed E-state index contributed by atoms with van der Waals surface area (Å²) in [7, 11) is 0. The molecule has 0 saturated carbocycles. The highest BCUT2D eigenvalue weighted by atomic mass is 19.4. The molecule has 22 heavy (non-hydrogen) atoms. The first-order valence-corrected chi connectivity index (χ1v) is 7.98. The van der Waals surface area contributed by atoms with Crippen LogP contribution in [0.25, 0.3) is 0 Å². The normalized spacial score (nSPS) is 19.9. The molecule has 1 fully saturated rings. The van der Waals surface area contributed by atoms with Gasteiger partial charge in [0.2, 0.25) is 0 Å². The summed E-state index contributed by atoms with van der Waals surface area (Å²) in [6.45, 7) is 7.27. The zero-order valence-electron chi connectivity index (χ0n) is 13.3. The zero-order chi connectivity index (χ0) is 16.2. The molecular formula is C17H25F3N2. The van der Waals surface area contributed by atoms with Gasteiger partial charge in [-0.05, 0) is 36.9 Å². The van der Waals surface area contributed by atoms with Crippen LogP contribution in [0.2, 0.25) is 0 Å². The summed E-state index contributed by atoms with van der Waals surface area (Å²) >= 11 is 0. The predicted octanol–water partition coefficient (Wildman–Crippen LogP) is 3.92. The SMILES string of the molecule is CC(C)CN(Cc1ccccc1C(F)(F)F)[C@H]1CCCNC1. The molecule has 0 aromatic heterocycles. The zero-order valence-corrected chi connectivity index (χ0v) is 13.3. The Balaban J connectivity index is 2.19. The van der Waals surface area contributed by atoms with Crippen LogP contribution in [0.1, 0.15) is 37.8 Å². The van der Waals surface area contributed by atoms with E-state index in [4.69, 9.17) is 0 Å². The molecule has 124 valence electrons. The average molecular weight is 314 g/mol. The van der Waals surface area contributed by atoms with E-state index in [0.29, 0.717) is 24.1 Å². The maximum absolute atomic E-state index is 13.2. The molecule has 1 heterocycles. The lowest BCUT2D eigenvalue weighted by atomic mass is 10.0. The molecule has 1 aromatic rings. The largest absolute Gasteiger partial charge is 0.416 e. The summed E-state index contributed by atoms with van der Waals surface area (Å²) in [5.74, 6) is 0.431. The molecule has 1 saturated heterocycles. The number of benzene rings is 1. The minimum atomic E-state index is -4.29. The third-order valence-corrected chi connectivity index (χ3v) is 4.08. The van der Waals surface area contributed by atoms with Crippen molar-refractivity contribution in [3.8, 4) is 0 Å². The summed E-state index contributed by atoms with van der Waals surface area (Å²) in [5, 5.41) is 3.36. The molecule has 1 aliphatic heterocycles. The van der Waals surface area contributed by atoms with Gasteiger partial charge in [-0.25, -0.2) is 0 Å². The second-order valence-corrected chi connectivity index (χ2v) is 6.48. The Bertz CT molecular complexity index is 465. The fourth-order valence-corrected chi connectivity index (χ4v) is 3.11. The van der Waals surface area contributed by atoms with Crippen LogP contribution in [0, 0.1) is 5.92 Å². The van der Waals surface area contributed by atoms with Crippen molar-refractivity contribution < 1.29 is 13.2 Å². The second-order valence-electron chi connectivity index (χ2n) is 6.48. The van der Waals surface area contributed by atoms with Crippen molar-refractivity contribution in [3.05, 3.63) is 35.4 Å². The molecule has 5 heteroatoms. The molecule has 0 amide bonds. The first kappa shape index (κ1) is 17.3. The molecule has 2 rings (SSSR count). The fraction of sp³-hybridized carbons (Fsp3) is 0.647. The Labute approximate surface area is 130 Å². The maximum atomic E-state index is 13.2. The number of nitrogens with zero attached hydrogens (tertiary/aromatic N) is 1. The van der Waals surface area contributed by atoms with Crippen LogP contribution in [-0.2, 0) is 12.7 Å². The van der Waals surface area contributed by atoms with Crippen LogP contribution >= 0.6 is 0 Å². The van der Waals surface area contributed by atoms with Gasteiger partial charge < -0.3 is 5.32 Å². The molecule has 0 radical (unpaired) electrons. The molecule has 0 bridgehead atoms. The predicted molar refractivity (Wildman–Crippen MR) is 82.6 cm³/mol. The average Bonchev–Trinajstić information content (AvgIpc) is 2.46. The molecule has 1 aromatic carbocycles. The third kappa shape index (κ3) is 4.71. The quantitative estimate of drug-likeness (QED) is 0.886. The van der Waals surface area contributed by atoms with Gasteiger partial charge in [-0.15, -0.1) is 0 Å². The first-order chi connectivity index (χ1) is 10.4. The Kier molecular flexibility index (Phi) is 5.87. The van der Waals surface area contributed by atoms with Crippen LogP contribution < -0.4 is 5.32 Å². The standard InChI is InChI=1S/C17H25F3N2/c1-13(2)11-22(15-7-5-9-21-10-15)12-14-6-3-4-8-16(14)17(18,19)20/h3-4,6,8,13,15,21H,5,7,9-12H2,1-2H3/t15-/m0/s1. The number of rotatable bonds is 5. The molecule has 0 spiro atoms. The van der Waals surface area contributed by atoms with E-state index in [1.165, 1.54) is 12.1 Å². The summed E-state index contributed by atoms with van der Waals surface area (Å²) in [4.78, 5) is 2.21. The Morgan fingerprint density at radius 1 is 1.27 bits per heavy atom. The van der Waals surface area contributed by atoms with Gasteiger partial charge in [-0.2, -0.15) is 13.2 Å². The number of piperidine rings is 1. The topological polar surface area (TPSA) is 15.3 Å². The van der Waals surface area contributed by atoms with Gasteiger partial charge in [-0.1, -0.05) is 32.0 Å². The minimum Gasteiger partial charge on any atom is -0.315 e. The number of hydrogen-bond acceptors (Lipinski definition) is 2. The lowest BCUT2D eigenvalue weighted by Crippen LogP contribution is -2.47. The van der Waals surface area contributed by atoms with Gasteiger partial charge in [0.15, 0.2) is 0 Å². The van der Waals surface area contributed by atoms with Gasteiger partial charge in [0.1, 0.15) is 0 Å². The van der Waals surface area contributed by atoms with Crippen molar-refractivity contribution in [3.63, 3.8) is 0 Å². The van der Waals surface area contributed by atoms with E-state index in [9.17, 15) is 13.2 Å². The summed E-state index contributed by atoms with van der Waals surface area (Å²) in [6.07, 6.45) is -2.15. The van der Waals surface area contributed by atoms with Crippen LogP contribution in [0.15, 0.2) is 24.3 Å². The molecular weight excluding hydrogens is 289 g/mol. The smallest absolute Gasteiger partial charge is 0.315 e. The van der Waals surface area contributed by atoms with Crippen LogP contribution in [0.5, 0.6) is 0 Å². The van der Waals surface area contributed by atoms with Crippen molar-refractivity contribution in [2.75, 3.05) is 19.6 Å². The van der Waals surface area contributed by atoms with Gasteiger partial charge in [0.25, 0.3) is 0 Å². The molecule has 1 N–H and O–H groups in total. The number of hydrogen-bond donors (Lipinski definition) is 1. The fourth-order valence-electron chi connectivity index (χ4n) is 3.11. The highest BCUT2D eigenvalue weighted by molar-refractivity contribution is 5.29. The monoisotopic (exact) mass is 314 g/mol. The van der Waals surface area contributed by atoms with Crippen LogP contribution in [0.4, 0.5) is 13.2 Å². The molecule has 1 atom stereocenters. The molecule has 1 aliphatic rings. The van der Waals surface area contributed by atoms with Gasteiger partial charge in [0.05, 0.1) is 5.56 Å². The third-order valence-electron chi connectivity index (χ3n) is 4.08. The highest BCUT2D eigenvalue weighted by Gasteiger charge is 2.34. The van der Waals surface area contributed by atoms with Gasteiger partial charge >= 0.3 is 6.18 Å². The Hall–Kier alpha value is -1.07. The Morgan fingerprint density at radius 2 is 2.00 bits per heavy atom. The lowest BCUT2D eigenvalue weighted by molar-refractivity contribution is -0.138. The number of alkyl halides is 3. The van der Waals surface area contributed by atoms with E-state index in [0.717, 1.165) is 32.5 Å². The molecule has 2 nitrogen and oxygen atoms in total. The minimum absolute atomic E-state index is 0.317. The van der Waals surface area contributed by atoms with Gasteiger partial charge in [0, 0.05) is 25.7 Å².